The van der Waals surface area contributed by atoms with Crippen LogP contribution < -0.4 is 9.47 Å². The zero-order chi connectivity index (χ0) is 15.4. The summed E-state index contributed by atoms with van der Waals surface area (Å²) in [5.41, 5.74) is 0.306. The zero-order valence-corrected chi connectivity index (χ0v) is 11.5. The van der Waals surface area contributed by atoms with Gasteiger partial charge in [-0.3, -0.25) is 14.9 Å². The fourth-order valence-electron chi connectivity index (χ4n) is 1.97. The highest BCUT2D eigenvalue weighted by molar-refractivity contribution is 6.09. The highest BCUT2D eigenvalue weighted by Crippen LogP contribution is 2.38. The Kier molecular flexibility index (Phi) is 4.18. The predicted octanol–water partition coefficient (Wildman–Crippen LogP) is 2.84. The van der Waals surface area contributed by atoms with Gasteiger partial charge in [-0.15, -0.1) is 0 Å². The first-order valence-corrected chi connectivity index (χ1v) is 6.08. The first kappa shape index (κ1) is 14.5. The molecule has 0 aliphatic carbocycles. The number of carbonyl (C=O) groups is 1. The summed E-state index contributed by atoms with van der Waals surface area (Å²) in [5, 5.41) is 11.1. The third-order valence-corrected chi connectivity index (χ3v) is 2.95. The van der Waals surface area contributed by atoms with Crippen molar-refractivity contribution >= 4 is 11.5 Å². The Labute approximate surface area is 121 Å². The van der Waals surface area contributed by atoms with E-state index in [0.717, 1.165) is 0 Å². The number of nitrogens with zero attached hydrogens (tertiary/aromatic N) is 1. The second-order valence-electron chi connectivity index (χ2n) is 4.18. The Morgan fingerprint density at radius 1 is 1.05 bits per heavy atom. The number of hydrogen-bond acceptors (Lipinski definition) is 5. The van der Waals surface area contributed by atoms with Gasteiger partial charge in [-0.05, 0) is 6.07 Å². The quantitative estimate of drug-likeness (QED) is 0.480. The second-order valence-corrected chi connectivity index (χ2v) is 4.18. The van der Waals surface area contributed by atoms with E-state index in [1.807, 2.05) is 0 Å². The molecule has 2 aromatic carbocycles. The van der Waals surface area contributed by atoms with E-state index in [4.69, 9.17) is 9.47 Å². The molecule has 108 valence electrons. The normalized spacial score (nSPS) is 10.0. The van der Waals surface area contributed by atoms with Crippen LogP contribution in [0.25, 0.3) is 0 Å². The van der Waals surface area contributed by atoms with Crippen LogP contribution in [0.15, 0.2) is 42.5 Å². The molecule has 6 heteroatoms. The standard InChI is InChI=1S/C15H13NO5/c1-20-13-9-11(8-12(16(18)19)15(13)21-2)14(17)10-6-4-3-5-7-10/h3-9H,1-2H3. The van der Waals surface area contributed by atoms with Crippen LogP contribution in [-0.2, 0) is 0 Å². The minimum Gasteiger partial charge on any atom is -0.493 e. The molecule has 2 aromatic rings. The van der Waals surface area contributed by atoms with Crippen LogP contribution in [0.2, 0.25) is 0 Å². The minimum absolute atomic E-state index is 0.00730. The van der Waals surface area contributed by atoms with Gasteiger partial charge in [0.15, 0.2) is 11.5 Å². The molecule has 0 aromatic heterocycles. The maximum absolute atomic E-state index is 12.4. The molecule has 0 saturated carbocycles. The Bertz CT molecular complexity index is 682. The average Bonchev–Trinajstić information content (AvgIpc) is 2.53. The van der Waals surface area contributed by atoms with Crippen molar-refractivity contribution in [2.24, 2.45) is 0 Å². The summed E-state index contributed by atoms with van der Waals surface area (Å²) in [6.45, 7) is 0. The van der Waals surface area contributed by atoms with Gasteiger partial charge in [0.2, 0.25) is 5.75 Å². The van der Waals surface area contributed by atoms with Crippen LogP contribution in [0.5, 0.6) is 11.5 Å². The maximum Gasteiger partial charge on any atom is 0.315 e. The highest BCUT2D eigenvalue weighted by Gasteiger charge is 2.24. The topological polar surface area (TPSA) is 78.7 Å². The molecule has 0 heterocycles. The van der Waals surface area contributed by atoms with Crippen molar-refractivity contribution in [3.8, 4) is 11.5 Å². The largest absolute Gasteiger partial charge is 0.493 e. The monoisotopic (exact) mass is 287 g/mol. The van der Waals surface area contributed by atoms with E-state index in [1.165, 1.54) is 26.4 Å². The van der Waals surface area contributed by atoms with Gasteiger partial charge in [-0.1, -0.05) is 30.3 Å². The first-order valence-electron chi connectivity index (χ1n) is 6.08. The number of carbonyl (C=O) groups excluding carboxylic acids is 1. The molecule has 0 fully saturated rings. The van der Waals surface area contributed by atoms with Gasteiger partial charge in [-0.25, -0.2) is 0 Å². The molecule has 0 radical (unpaired) electrons. The Morgan fingerprint density at radius 2 is 1.71 bits per heavy atom. The summed E-state index contributed by atoms with van der Waals surface area (Å²) in [4.78, 5) is 22.9. The Balaban J connectivity index is 2.57. The molecule has 0 N–H and O–H groups in total. The molecule has 0 saturated heterocycles. The molecule has 0 aliphatic rings. The number of hydrogen-bond donors (Lipinski definition) is 0. The number of methoxy groups -OCH3 is 2. The lowest BCUT2D eigenvalue weighted by Crippen LogP contribution is -2.04. The summed E-state index contributed by atoms with van der Waals surface area (Å²) < 4.78 is 10.1. The van der Waals surface area contributed by atoms with Gasteiger partial charge in [0.1, 0.15) is 0 Å². The third kappa shape index (κ3) is 2.84. The molecule has 0 spiro atoms. The van der Waals surface area contributed by atoms with E-state index in [2.05, 4.69) is 0 Å². The number of benzene rings is 2. The molecule has 2 rings (SSSR count). The molecule has 6 nitrogen and oxygen atoms in total. The summed E-state index contributed by atoms with van der Waals surface area (Å²) in [6, 6.07) is 11.1. The molecule has 0 atom stereocenters. The summed E-state index contributed by atoms with van der Waals surface area (Å²) >= 11 is 0. The highest BCUT2D eigenvalue weighted by atomic mass is 16.6. The zero-order valence-electron chi connectivity index (χ0n) is 11.5. The van der Waals surface area contributed by atoms with Crippen molar-refractivity contribution in [3.63, 3.8) is 0 Å². The van der Waals surface area contributed by atoms with Crippen LogP contribution in [0.3, 0.4) is 0 Å². The van der Waals surface area contributed by atoms with Gasteiger partial charge in [0.25, 0.3) is 0 Å². The van der Waals surface area contributed by atoms with Gasteiger partial charge >= 0.3 is 5.69 Å². The van der Waals surface area contributed by atoms with Crippen LogP contribution >= 0.6 is 0 Å². The van der Waals surface area contributed by atoms with E-state index in [-0.39, 0.29) is 28.5 Å². The number of ketones is 1. The van der Waals surface area contributed by atoms with E-state index < -0.39 is 4.92 Å². The maximum atomic E-state index is 12.4. The number of rotatable bonds is 5. The SMILES string of the molecule is COc1cc(C(=O)c2ccccc2)cc([N+](=O)[O-])c1OC. The smallest absolute Gasteiger partial charge is 0.315 e. The van der Waals surface area contributed by atoms with Crippen molar-refractivity contribution < 1.29 is 19.2 Å². The van der Waals surface area contributed by atoms with Crippen molar-refractivity contribution in [1.29, 1.82) is 0 Å². The lowest BCUT2D eigenvalue weighted by molar-refractivity contribution is -0.385. The Hall–Kier alpha value is -2.89. The summed E-state index contributed by atoms with van der Waals surface area (Å²) in [7, 11) is 2.67. The van der Waals surface area contributed by atoms with Crippen LogP contribution in [-0.4, -0.2) is 24.9 Å². The van der Waals surface area contributed by atoms with E-state index >= 15 is 0 Å². The number of nitro groups is 1. The van der Waals surface area contributed by atoms with Crippen molar-refractivity contribution in [3.05, 3.63) is 63.7 Å². The molecule has 21 heavy (non-hydrogen) atoms. The van der Waals surface area contributed by atoms with E-state index in [1.54, 1.807) is 30.3 Å². The van der Waals surface area contributed by atoms with Crippen molar-refractivity contribution in [2.45, 2.75) is 0 Å². The molecular weight excluding hydrogens is 274 g/mol. The lowest BCUT2D eigenvalue weighted by atomic mass is 10.0. The average molecular weight is 287 g/mol. The first-order chi connectivity index (χ1) is 10.1. The van der Waals surface area contributed by atoms with Crippen LogP contribution in [0.1, 0.15) is 15.9 Å². The lowest BCUT2D eigenvalue weighted by Gasteiger charge is -2.10. The third-order valence-electron chi connectivity index (χ3n) is 2.95. The summed E-state index contributed by atoms with van der Waals surface area (Å²) in [6.07, 6.45) is 0. The number of nitro benzene ring substituents is 1. The fraction of sp³-hybridized carbons (Fsp3) is 0.133. The van der Waals surface area contributed by atoms with Crippen LogP contribution in [0.4, 0.5) is 5.69 Å². The van der Waals surface area contributed by atoms with E-state index in [9.17, 15) is 14.9 Å². The van der Waals surface area contributed by atoms with Crippen molar-refractivity contribution in [1.82, 2.24) is 0 Å². The van der Waals surface area contributed by atoms with E-state index in [0.29, 0.717) is 5.56 Å². The molecular formula is C15H13NO5. The molecule has 0 amide bonds. The van der Waals surface area contributed by atoms with Gasteiger partial charge in [-0.2, -0.15) is 0 Å². The van der Waals surface area contributed by atoms with Gasteiger partial charge < -0.3 is 9.47 Å². The molecule has 0 unspecified atom stereocenters. The minimum atomic E-state index is -0.608. The van der Waals surface area contributed by atoms with Crippen molar-refractivity contribution in [2.75, 3.05) is 14.2 Å². The number of ether oxygens (including phenoxy) is 2. The summed E-state index contributed by atoms with van der Waals surface area (Å²) in [5.74, 6) is -0.183. The Morgan fingerprint density at radius 3 is 2.24 bits per heavy atom. The fourth-order valence-corrected chi connectivity index (χ4v) is 1.97. The molecule has 0 bridgehead atoms. The second kappa shape index (κ2) is 6.04. The van der Waals surface area contributed by atoms with Gasteiger partial charge in [0.05, 0.1) is 19.1 Å². The van der Waals surface area contributed by atoms with Crippen LogP contribution in [0, 0.1) is 10.1 Å². The predicted molar refractivity (Wildman–Crippen MR) is 76.1 cm³/mol. The molecule has 0 aliphatic heterocycles. The van der Waals surface area contributed by atoms with Gasteiger partial charge in [0, 0.05) is 17.2 Å².